The van der Waals surface area contributed by atoms with Gasteiger partial charge in [-0.2, -0.15) is 0 Å². The van der Waals surface area contributed by atoms with Crippen molar-refractivity contribution in [1.29, 1.82) is 0 Å². The highest BCUT2D eigenvalue weighted by atomic mass is 14.4. The van der Waals surface area contributed by atoms with E-state index in [1.807, 2.05) is 6.08 Å². The normalized spacial score (nSPS) is 20.9. The highest BCUT2D eigenvalue weighted by Gasteiger charge is 2.39. The standard InChI is InChI=1S/C28H46/c1-9-13-15-18-23(17-14-10-2)19-24(16-11-3)26(12-4)25-20-27(5,6)22-28(7,8)21-25/h9,11-12,16,19,25H,1,4,10,13-15,17-18,20-22H2,2-3,5-8H3/b16-11-,23-19?,26-24-. The Morgan fingerprint density at radius 3 is 2.11 bits per heavy atom. The maximum Gasteiger partial charge on any atom is -0.0146 e. The van der Waals surface area contributed by atoms with Crippen LogP contribution in [0.1, 0.15) is 99.3 Å². The third kappa shape index (κ3) is 8.38. The lowest BCUT2D eigenvalue weighted by Crippen LogP contribution is -2.34. The largest absolute Gasteiger partial charge is 0.103 e. The molecule has 0 radical (unpaired) electrons. The minimum Gasteiger partial charge on any atom is -0.103 e. The number of hydrogen-bond donors (Lipinski definition) is 0. The van der Waals surface area contributed by atoms with Crippen molar-refractivity contribution in [2.45, 2.75) is 99.3 Å². The predicted octanol–water partition coefficient (Wildman–Crippen LogP) is 9.37. The Labute approximate surface area is 176 Å². The molecule has 0 amide bonds. The molecule has 1 aliphatic rings. The van der Waals surface area contributed by atoms with Gasteiger partial charge in [0.25, 0.3) is 0 Å². The lowest BCUT2D eigenvalue weighted by Gasteiger charge is -2.45. The van der Waals surface area contributed by atoms with Gasteiger partial charge in [0.15, 0.2) is 0 Å². The van der Waals surface area contributed by atoms with Crippen molar-refractivity contribution < 1.29 is 0 Å². The van der Waals surface area contributed by atoms with E-state index in [9.17, 15) is 0 Å². The Bertz CT molecular complexity index is 576. The van der Waals surface area contributed by atoms with E-state index in [0.29, 0.717) is 16.7 Å². The molecule has 0 nitrogen and oxygen atoms in total. The first-order chi connectivity index (χ1) is 13.2. The van der Waals surface area contributed by atoms with Gasteiger partial charge in [0.05, 0.1) is 0 Å². The SMILES string of the molecule is C=CCCCC(=CC(/C=C\C)=C(/C=C)C1CC(C)(C)CC(C)(C)C1)CCCC. The van der Waals surface area contributed by atoms with E-state index >= 15 is 0 Å². The van der Waals surface area contributed by atoms with Crippen LogP contribution in [0.15, 0.2) is 60.3 Å². The van der Waals surface area contributed by atoms with Crippen LogP contribution in [-0.4, -0.2) is 0 Å². The maximum atomic E-state index is 4.25. The summed E-state index contributed by atoms with van der Waals surface area (Å²) in [5.74, 6) is 0.597. The molecule has 0 bridgehead atoms. The van der Waals surface area contributed by atoms with Gasteiger partial charge in [-0.15, -0.1) is 6.58 Å². The molecule has 0 aromatic carbocycles. The number of allylic oxidation sites excluding steroid dienone is 8. The van der Waals surface area contributed by atoms with Crippen LogP contribution >= 0.6 is 0 Å². The molecule has 0 aromatic heterocycles. The Balaban J connectivity index is 3.30. The van der Waals surface area contributed by atoms with Crippen LogP contribution in [0.4, 0.5) is 0 Å². The predicted molar refractivity (Wildman–Crippen MR) is 129 cm³/mol. The molecule has 0 unspecified atom stereocenters. The number of unbranched alkanes of at least 4 members (excludes halogenated alkanes) is 2. The van der Waals surface area contributed by atoms with E-state index in [-0.39, 0.29) is 0 Å². The molecule has 0 aromatic rings. The van der Waals surface area contributed by atoms with Gasteiger partial charge in [-0.1, -0.05) is 83.6 Å². The molecule has 0 N–H and O–H groups in total. The quantitative estimate of drug-likeness (QED) is 0.190. The van der Waals surface area contributed by atoms with Crippen molar-refractivity contribution in [2.24, 2.45) is 16.7 Å². The molecule has 158 valence electrons. The van der Waals surface area contributed by atoms with E-state index < -0.39 is 0 Å². The molecule has 0 heteroatoms. The summed E-state index contributed by atoms with van der Waals surface area (Å²) in [7, 11) is 0. The van der Waals surface area contributed by atoms with Crippen molar-refractivity contribution in [3.05, 3.63) is 60.3 Å². The summed E-state index contributed by atoms with van der Waals surface area (Å²) in [6, 6.07) is 0. The molecule has 0 aliphatic heterocycles. The van der Waals surface area contributed by atoms with Crippen LogP contribution < -0.4 is 0 Å². The Morgan fingerprint density at radius 2 is 1.61 bits per heavy atom. The molecule has 0 spiro atoms. The second-order valence-electron chi connectivity index (χ2n) is 10.3. The fourth-order valence-corrected chi connectivity index (χ4v) is 5.36. The first-order valence-corrected chi connectivity index (χ1v) is 11.5. The van der Waals surface area contributed by atoms with Crippen molar-refractivity contribution in [3.63, 3.8) is 0 Å². The Morgan fingerprint density at radius 1 is 1.00 bits per heavy atom. The fraction of sp³-hybridized carbons (Fsp3) is 0.643. The molecule has 28 heavy (non-hydrogen) atoms. The van der Waals surface area contributed by atoms with Crippen LogP contribution in [-0.2, 0) is 0 Å². The van der Waals surface area contributed by atoms with Crippen LogP contribution in [0, 0.1) is 16.7 Å². The van der Waals surface area contributed by atoms with Gasteiger partial charge in [-0.3, -0.25) is 0 Å². The zero-order valence-electron chi connectivity index (χ0n) is 19.7. The first kappa shape index (κ1) is 24.7. The molecule has 1 aliphatic carbocycles. The third-order valence-corrected chi connectivity index (χ3v) is 6.01. The summed E-state index contributed by atoms with van der Waals surface area (Å²) in [5.41, 5.74) is 5.21. The van der Waals surface area contributed by atoms with E-state index in [4.69, 9.17) is 0 Å². The second kappa shape index (κ2) is 11.6. The van der Waals surface area contributed by atoms with Crippen LogP contribution in [0.2, 0.25) is 0 Å². The number of rotatable bonds is 11. The van der Waals surface area contributed by atoms with E-state index in [1.54, 1.807) is 5.57 Å². The Hall–Kier alpha value is -1.30. The van der Waals surface area contributed by atoms with Crippen LogP contribution in [0.25, 0.3) is 0 Å². The summed E-state index contributed by atoms with van der Waals surface area (Å²) in [6.07, 6.45) is 22.2. The van der Waals surface area contributed by atoms with E-state index in [1.165, 1.54) is 62.5 Å². The summed E-state index contributed by atoms with van der Waals surface area (Å²) < 4.78 is 0. The van der Waals surface area contributed by atoms with Gasteiger partial charge >= 0.3 is 0 Å². The smallest absolute Gasteiger partial charge is 0.0146 e. The highest BCUT2D eigenvalue weighted by Crippen LogP contribution is 2.51. The zero-order valence-corrected chi connectivity index (χ0v) is 19.7. The molecule has 0 atom stereocenters. The summed E-state index contributed by atoms with van der Waals surface area (Å²) in [6.45, 7) is 22.3. The molecule has 1 rings (SSSR count). The lowest BCUT2D eigenvalue weighted by molar-refractivity contribution is 0.0829. The van der Waals surface area contributed by atoms with Gasteiger partial charge in [0, 0.05) is 0 Å². The highest BCUT2D eigenvalue weighted by molar-refractivity contribution is 5.43. The summed E-state index contributed by atoms with van der Waals surface area (Å²) in [4.78, 5) is 0. The Kier molecular flexibility index (Phi) is 10.3. The van der Waals surface area contributed by atoms with Gasteiger partial charge in [0.1, 0.15) is 0 Å². The lowest BCUT2D eigenvalue weighted by atomic mass is 9.59. The van der Waals surface area contributed by atoms with Crippen molar-refractivity contribution in [3.8, 4) is 0 Å². The topological polar surface area (TPSA) is 0 Å². The maximum absolute atomic E-state index is 4.25. The summed E-state index contributed by atoms with van der Waals surface area (Å²) in [5, 5.41) is 0. The third-order valence-electron chi connectivity index (χ3n) is 6.01. The summed E-state index contributed by atoms with van der Waals surface area (Å²) >= 11 is 0. The van der Waals surface area contributed by atoms with Gasteiger partial charge < -0.3 is 0 Å². The van der Waals surface area contributed by atoms with Gasteiger partial charge in [-0.05, 0) is 86.2 Å². The van der Waals surface area contributed by atoms with Crippen molar-refractivity contribution in [2.75, 3.05) is 0 Å². The molecular weight excluding hydrogens is 336 g/mol. The van der Waals surface area contributed by atoms with Crippen molar-refractivity contribution in [1.82, 2.24) is 0 Å². The number of hydrogen-bond acceptors (Lipinski definition) is 0. The minimum absolute atomic E-state index is 0.389. The molecular formula is C28H46. The average Bonchev–Trinajstić information content (AvgIpc) is 2.57. The molecule has 1 fully saturated rings. The van der Waals surface area contributed by atoms with Crippen molar-refractivity contribution >= 4 is 0 Å². The van der Waals surface area contributed by atoms with E-state index in [0.717, 1.165) is 6.42 Å². The van der Waals surface area contributed by atoms with E-state index in [2.05, 4.69) is 79.0 Å². The van der Waals surface area contributed by atoms with Crippen LogP contribution in [0.3, 0.4) is 0 Å². The average molecular weight is 383 g/mol. The zero-order chi connectivity index (χ0) is 21.2. The molecule has 1 saturated carbocycles. The molecule has 0 saturated heterocycles. The monoisotopic (exact) mass is 382 g/mol. The fourth-order valence-electron chi connectivity index (χ4n) is 5.36. The second-order valence-corrected chi connectivity index (χ2v) is 10.3. The van der Waals surface area contributed by atoms with Gasteiger partial charge in [-0.25, -0.2) is 0 Å². The van der Waals surface area contributed by atoms with Gasteiger partial charge in [0.2, 0.25) is 0 Å². The van der Waals surface area contributed by atoms with Crippen LogP contribution in [0.5, 0.6) is 0 Å². The molecule has 0 heterocycles. The minimum atomic E-state index is 0.389. The first-order valence-electron chi connectivity index (χ1n) is 11.5.